The Bertz CT molecular complexity index is 216. The van der Waals surface area contributed by atoms with Gasteiger partial charge in [-0.2, -0.15) is 0 Å². The third-order valence-corrected chi connectivity index (χ3v) is 3.47. The molecule has 1 N–H and O–H groups in total. The van der Waals surface area contributed by atoms with Crippen LogP contribution in [-0.2, 0) is 0 Å². The average Bonchev–Trinajstić information content (AvgIpc) is 2.27. The van der Waals surface area contributed by atoms with Gasteiger partial charge in [-0.25, -0.2) is 0 Å². The molecule has 0 aliphatic carbocycles. The lowest BCUT2D eigenvalue weighted by molar-refractivity contribution is 0.866. The first-order valence-electron chi connectivity index (χ1n) is 4.50. The van der Waals surface area contributed by atoms with Gasteiger partial charge in [0, 0.05) is 7.05 Å². The van der Waals surface area contributed by atoms with Crippen LogP contribution >= 0.6 is 11.8 Å². The molecule has 68 valence electrons. The maximum absolute atomic E-state index is 3.24. The highest BCUT2D eigenvalue weighted by Gasteiger charge is 2.06. The smallest absolute Gasteiger partial charge is 0.0710 e. The van der Waals surface area contributed by atoms with E-state index in [0.717, 1.165) is 0 Å². The number of rotatable bonds is 2. The Hall–Kier alpha value is -0.370. The van der Waals surface area contributed by atoms with Gasteiger partial charge in [0.2, 0.25) is 0 Å². The first kappa shape index (κ1) is 9.72. The molecule has 0 unspecified atom stereocenters. The molecule has 0 aromatic rings. The van der Waals surface area contributed by atoms with E-state index < -0.39 is 0 Å². The van der Waals surface area contributed by atoms with Crippen molar-refractivity contribution in [3.8, 4) is 0 Å². The number of hydrogen-bond acceptors (Lipinski definition) is 2. The van der Waals surface area contributed by atoms with Gasteiger partial charge >= 0.3 is 0 Å². The summed E-state index contributed by atoms with van der Waals surface area (Å²) in [6.07, 6.45) is 3.64. The van der Waals surface area contributed by atoms with E-state index >= 15 is 0 Å². The van der Waals surface area contributed by atoms with E-state index in [4.69, 9.17) is 0 Å². The zero-order valence-electron chi connectivity index (χ0n) is 8.11. The largest absolute Gasteiger partial charge is 0.383 e. The van der Waals surface area contributed by atoms with Crippen molar-refractivity contribution in [1.82, 2.24) is 5.32 Å². The van der Waals surface area contributed by atoms with Crippen molar-refractivity contribution < 1.29 is 0 Å². The van der Waals surface area contributed by atoms with Crippen molar-refractivity contribution in [2.75, 3.05) is 7.05 Å². The lowest BCUT2D eigenvalue weighted by Crippen LogP contribution is -2.03. The van der Waals surface area contributed by atoms with E-state index in [1.807, 2.05) is 18.8 Å². The second-order valence-electron chi connectivity index (χ2n) is 3.11. The van der Waals surface area contributed by atoms with Gasteiger partial charge in [-0.05, 0) is 37.2 Å². The predicted molar refractivity (Wildman–Crippen MR) is 57.0 cm³/mol. The van der Waals surface area contributed by atoms with Crippen LogP contribution in [0.25, 0.3) is 0 Å². The van der Waals surface area contributed by atoms with Crippen LogP contribution in [0.4, 0.5) is 0 Å². The summed E-state index contributed by atoms with van der Waals surface area (Å²) in [6, 6.07) is 0. The molecule has 0 bridgehead atoms. The summed E-state index contributed by atoms with van der Waals surface area (Å²) >= 11 is 1.83. The summed E-state index contributed by atoms with van der Waals surface area (Å²) in [5.74, 6) is 0. The van der Waals surface area contributed by atoms with Crippen molar-refractivity contribution in [2.45, 2.75) is 33.1 Å². The Balaban J connectivity index is 2.68. The normalized spacial score (nSPS) is 18.8. The summed E-state index contributed by atoms with van der Waals surface area (Å²) < 4.78 is 0. The number of hydrogen-bond donors (Lipinski definition) is 1. The third kappa shape index (κ3) is 2.31. The van der Waals surface area contributed by atoms with Crippen molar-refractivity contribution in [3.63, 3.8) is 0 Å². The monoisotopic (exact) mass is 183 g/mol. The summed E-state index contributed by atoms with van der Waals surface area (Å²) in [5.41, 5.74) is 3.06. The van der Waals surface area contributed by atoms with Crippen LogP contribution < -0.4 is 5.32 Å². The Kier molecular flexibility index (Phi) is 3.73. The Morgan fingerprint density at radius 1 is 1.50 bits per heavy atom. The van der Waals surface area contributed by atoms with Crippen LogP contribution in [0, 0.1) is 0 Å². The molecule has 0 aromatic carbocycles. The van der Waals surface area contributed by atoms with Gasteiger partial charge in [0.15, 0.2) is 0 Å². The van der Waals surface area contributed by atoms with Crippen molar-refractivity contribution >= 4 is 11.8 Å². The average molecular weight is 183 g/mol. The number of thioether (sulfide) groups is 1. The summed E-state index contributed by atoms with van der Waals surface area (Å²) in [5, 5.41) is 6.86. The number of nitrogens with one attached hydrogen (secondary N) is 1. The number of allylic oxidation sites excluding steroid dienone is 2. The van der Waals surface area contributed by atoms with Gasteiger partial charge < -0.3 is 5.32 Å². The van der Waals surface area contributed by atoms with Crippen LogP contribution in [0.1, 0.15) is 33.1 Å². The van der Waals surface area contributed by atoms with Crippen LogP contribution in [0.3, 0.4) is 0 Å². The molecule has 0 aromatic heterocycles. The van der Waals surface area contributed by atoms with Gasteiger partial charge in [-0.3, -0.25) is 0 Å². The zero-order valence-corrected chi connectivity index (χ0v) is 8.92. The minimum Gasteiger partial charge on any atom is -0.383 e. The van der Waals surface area contributed by atoms with Crippen LogP contribution in [-0.4, -0.2) is 7.05 Å². The fraction of sp³-hybridized carbons (Fsp3) is 0.600. The highest BCUT2D eigenvalue weighted by atomic mass is 32.2. The molecule has 0 spiro atoms. The summed E-state index contributed by atoms with van der Waals surface area (Å²) in [6.45, 7) is 4.44. The Morgan fingerprint density at radius 2 is 2.25 bits per heavy atom. The highest BCUT2D eigenvalue weighted by Crippen LogP contribution is 2.29. The van der Waals surface area contributed by atoms with Gasteiger partial charge in [0.1, 0.15) is 0 Å². The molecular formula is C10H17NS. The lowest BCUT2D eigenvalue weighted by atomic mass is 10.1. The molecule has 0 saturated carbocycles. The lowest BCUT2D eigenvalue weighted by Gasteiger charge is -2.05. The molecular weight excluding hydrogens is 166 g/mol. The molecule has 1 rings (SSSR count). The van der Waals surface area contributed by atoms with Crippen LogP contribution in [0.15, 0.2) is 21.6 Å². The summed E-state index contributed by atoms with van der Waals surface area (Å²) in [7, 11) is 2.00. The first-order chi connectivity index (χ1) is 5.77. The third-order valence-electron chi connectivity index (χ3n) is 2.23. The van der Waals surface area contributed by atoms with E-state index in [0.29, 0.717) is 0 Å². The van der Waals surface area contributed by atoms with E-state index in [-0.39, 0.29) is 0 Å². The first-order valence-corrected chi connectivity index (χ1v) is 5.38. The van der Waals surface area contributed by atoms with Gasteiger partial charge in [0.25, 0.3) is 0 Å². The molecule has 1 nitrogen and oxygen atoms in total. The highest BCUT2D eigenvalue weighted by molar-refractivity contribution is 8.05. The fourth-order valence-corrected chi connectivity index (χ4v) is 2.29. The second kappa shape index (κ2) is 4.61. The molecule has 0 radical (unpaired) electrons. The van der Waals surface area contributed by atoms with Gasteiger partial charge in [-0.1, -0.05) is 24.3 Å². The predicted octanol–water partition coefficient (Wildman–Crippen LogP) is 3.26. The van der Waals surface area contributed by atoms with Gasteiger partial charge in [0.05, 0.1) is 5.03 Å². The molecule has 1 heterocycles. The quantitative estimate of drug-likeness (QED) is 0.705. The molecule has 12 heavy (non-hydrogen) atoms. The van der Waals surface area contributed by atoms with Crippen molar-refractivity contribution in [3.05, 3.63) is 21.6 Å². The molecule has 0 atom stereocenters. The van der Waals surface area contributed by atoms with Crippen molar-refractivity contribution in [1.29, 1.82) is 0 Å². The minimum atomic E-state index is 1.19. The topological polar surface area (TPSA) is 12.0 Å². The van der Waals surface area contributed by atoms with Gasteiger partial charge in [-0.15, -0.1) is 0 Å². The molecule has 0 saturated heterocycles. The standard InChI is InChI=1S/C10H17NS/c1-4-9-6-5-8(2)10(11-3)12-7-9/h7,11H,4-6H2,1-3H3. The van der Waals surface area contributed by atoms with E-state index in [2.05, 4.69) is 24.6 Å². The Labute approximate surface area is 79.3 Å². The van der Waals surface area contributed by atoms with E-state index in [1.165, 1.54) is 29.9 Å². The molecule has 0 fully saturated rings. The van der Waals surface area contributed by atoms with E-state index in [9.17, 15) is 0 Å². The van der Waals surface area contributed by atoms with Crippen molar-refractivity contribution in [2.24, 2.45) is 0 Å². The maximum atomic E-state index is 3.24. The zero-order chi connectivity index (χ0) is 8.97. The molecule has 1 aliphatic rings. The fourth-order valence-electron chi connectivity index (χ4n) is 1.30. The molecule has 0 amide bonds. The SMILES string of the molecule is CCC1=CSC(NC)=C(C)CC1. The molecule has 2 heteroatoms. The van der Waals surface area contributed by atoms with E-state index in [1.54, 1.807) is 5.57 Å². The second-order valence-corrected chi connectivity index (χ2v) is 3.99. The Morgan fingerprint density at radius 3 is 2.83 bits per heavy atom. The maximum Gasteiger partial charge on any atom is 0.0710 e. The van der Waals surface area contributed by atoms with Crippen LogP contribution in [0.2, 0.25) is 0 Å². The van der Waals surface area contributed by atoms with Crippen LogP contribution in [0.5, 0.6) is 0 Å². The summed E-state index contributed by atoms with van der Waals surface area (Å²) in [4.78, 5) is 0. The minimum absolute atomic E-state index is 1.19. The molecule has 1 aliphatic heterocycles.